The molecule has 1 aliphatic heterocycles. The Labute approximate surface area is 107 Å². The summed E-state index contributed by atoms with van der Waals surface area (Å²) < 4.78 is 5.53. The van der Waals surface area contributed by atoms with E-state index >= 15 is 0 Å². The van der Waals surface area contributed by atoms with E-state index in [0.29, 0.717) is 5.33 Å². The molecule has 1 aliphatic rings. The summed E-state index contributed by atoms with van der Waals surface area (Å²) in [6.45, 7) is 5.75. The van der Waals surface area contributed by atoms with E-state index in [4.69, 9.17) is 4.74 Å². The van der Waals surface area contributed by atoms with Crippen molar-refractivity contribution in [2.75, 3.05) is 18.4 Å². The van der Waals surface area contributed by atoms with Crippen LogP contribution in [0.2, 0.25) is 0 Å². The summed E-state index contributed by atoms with van der Waals surface area (Å²) >= 11 is 6.50. The Morgan fingerprint density at radius 2 is 2.20 bits per heavy atom. The molecule has 1 fully saturated rings. The van der Waals surface area contributed by atoms with Gasteiger partial charge < -0.3 is 10.1 Å². The highest BCUT2D eigenvalue weighted by atomic mass is 79.9. The number of nitrogens with two attached hydrogens (primary N) is 1. The second-order valence-corrected chi connectivity index (χ2v) is 5.43. The molecule has 0 bridgehead atoms. The van der Waals surface area contributed by atoms with Crippen LogP contribution in [0.3, 0.4) is 0 Å². The van der Waals surface area contributed by atoms with E-state index in [9.17, 15) is 4.79 Å². The number of piperidine rings is 1. The lowest BCUT2D eigenvalue weighted by molar-refractivity contribution is -0.667. The first kappa shape index (κ1) is 13.2. The first-order valence-corrected chi connectivity index (χ1v) is 7.05. The van der Waals surface area contributed by atoms with Gasteiger partial charge in [-0.05, 0) is 6.08 Å². The predicted octanol–water partition coefficient (Wildman–Crippen LogP) is 0.970. The maximum atomic E-state index is 11.6. The Bertz CT molecular complexity index is 240. The minimum absolute atomic E-state index is 0.214. The summed E-state index contributed by atoms with van der Waals surface area (Å²) in [4.78, 5) is 11.4. The summed E-state index contributed by atoms with van der Waals surface area (Å²) in [5, 5.41) is 2.79. The molecule has 0 aromatic rings. The van der Waals surface area contributed by atoms with E-state index < -0.39 is 5.60 Å². The fourth-order valence-corrected chi connectivity index (χ4v) is 2.00. The summed E-state index contributed by atoms with van der Waals surface area (Å²) in [7, 11) is 0. The lowest BCUT2D eigenvalue weighted by atomic mass is 9.92. The SMILES string of the molecule is C=CC1(OC(=O)C(Br)CBr)CC[NH2+]CC1. The number of quaternary nitrogens is 1. The average Bonchev–Trinajstić information content (AvgIpc) is 2.29. The van der Waals surface area contributed by atoms with Gasteiger partial charge in [-0.1, -0.05) is 38.4 Å². The molecule has 1 saturated heterocycles. The van der Waals surface area contributed by atoms with Crippen molar-refractivity contribution < 1.29 is 14.8 Å². The maximum Gasteiger partial charge on any atom is 0.321 e. The van der Waals surface area contributed by atoms with Crippen LogP contribution in [0.25, 0.3) is 0 Å². The van der Waals surface area contributed by atoms with Gasteiger partial charge in [0.05, 0.1) is 13.1 Å². The summed E-state index contributed by atoms with van der Waals surface area (Å²) in [5.41, 5.74) is -0.444. The lowest BCUT2D eigenvalue weighted by Gasteiger charge is -2.33. The van der Waals surface area contributed by atoms with E-state index in [-0.39, 0.29) is 10.8 Å². The van der Waals surface area contributed by atoms with Crippen molar-refractivity contribution in [3.05, 3.63) is 12.7 Å². The van der Waals surface area contributed by atoms with E-state index in [2.05, 4.69) is 43.8 Å². The third kappa shape index (κ3) is 3.57. The molecule has 2 N–H and O–H groups in total. The highest BCUT2D eigenvalue weighted by molar-refractivity contribution is 9.12. The van der Waals surface area contributed by atoms with Crippen molar-refractivity contribution in [2.24, 2.45) is 0 Å². The number of esters is 1. The van der Waals surface area contributed by atoms with Crippen LogP contribution in [-0.2, 0) is 9.53 Å². The van der Waals surface area contributed by atoms with Crippen LogP contribution < -0.4 is 5.32 Å². The van der Waals surface area contributed by atoms with Crippen LogP contribution in [0.1, 0.15) is 12.8 Å². The van der Waals surface area contributed by atoms with Crippen LogP contribution in [0.4, 0.5) is 0 Å². The van der Waals surface area contributed by atoms with Crippen LogP contribution >= 0.6 is 31.9 Å². The normalized spacial score (nSPS) is 21.7. The predicted molar refractivity (Wildman–Crippen MR) is 66.4 cm³/mol. The number of carbonyl (C=O) groups excluding carboxylic acids is 1. The van der Waals surface area contributed by atoms with Gasteiger partial charge in [0.25, 0.3) is 0 Å². The van der Waals surface area contributed by atoms with Crippen molar-refractivity contribution in [1.82, 2.24) is 0 Å². The third-order valence-electron chi connectivity index (χ3n) is 2.61. The molecule has 0 aromatic carbocycles. The zero-order chi connectivity index (χ0) is 11.3. The summed E-state index contributed by atoms with van der Waals surface area (Å²) in [6.07, 6.45) is 3.47. The number of halogens is 2. The Hall–Kier alpha value is 0.130. The van der Waals surface area contributed by atoms with Crippen LogP contribution in [0.5, 0.6) is 0 Å². The first-order chi connectivity index (χ1) is 7.13. The summed E-state index contributed by atoms with van der Waals surface area (Å²) in [6, 6.07) is 0. The van der Waals surface area contributed by atoms with E-state index in [0.717, 1.165) is 25.9 Å². The second-order valence-electron chi connectivity index (χ2n) is 3.68. The maximum absolute atomic E-state index is 11.6. The Morgan fingerprint density at radius 1 is 1.60 bits per heavy atom. The smallest absolute Gasteiger partial charge is 0.321 e. The zero-order valence-electron chi connectivity index (χ0n) is 8.55. The average molecular weight is 342 g/mol. The standard InChI is InChI=1S/C10H15Br2NO2/c1-2-10(3-5-13-6-4-10)15-9(14)8(12)7-11/h2,8,13H,1,3-7H2/p+1. The Kier molecular flexibility index (Phi) is 5.29. The molecule has 0 aliphatic carbocycles. The lowest BCUT2D eigenvalue weighted by Crippen LogP contribution is -2.87. The minimum atomic E-state index is -0.444. The third-order valence-corrected chi connectivity index (χ3v) is 4.82. The molecule has 15 heavy (non-hydrogen) atoms. The monoisotopic (exact) mass is 340 g/mol. The van der Waals surface area contributed by atoms with Gasteiger partial charge in [0.15, 0.2) is 0 Å². The van der Waals surface area contributed by atoms with Gasteiger partial charge in [0.2, 0.25) is 0 Å². The molecule has 0 aromatic heterocycles. The van der Waals surface area contributed by atoms with Crippen molar-refractivity contribution in [1.29, 1.82) is 0 Å². The summed E-state index contributed by atoms with van der Waals surface area (Å²) in [5.74, 6) is -0.214. The van der Waals surface area contributed by atoms with Crippen LogP contribution in [-0.4, -0.2) is 34.8 Å². The highest BCUT2D eigenvalue weighted by Crippen LogP contribution is 2.24. The topological polar surface area (TPSA) is 42.9 Å². The molecule has 0 amide bonds. The van der Waals surface area contributed by atoms with E-state index in [1.165, 1.54) is 0 Å². The molecule has 0 spiro atoms. The number of alkyl halides is 2. The Balaban J connectivity index is 2.59. The van der Waals surface area contributed by atoms with Gasteiger partial charge in [-0.15, -0.1) is 0 Å². The van der Waals surface area contributed by atoms with Crippen molar-refractivity contribution in [3.63, 3.8) is 0 Å². The number of hydrogen-bond donors (Lipinski definition) is 1. The molecule has 0 saturated carbocycles. The van der Waals surface area contributed by atoms with Crippen LogP contribution in [0, 0.1) is 0 Å². The van der Waals surface area contributed by atoms with Gasteiger partial charge in [-0.25, -0.2) is 0 Å². The van der Waals surface area contributed by atoms with Gasteiger partial charge in [0, 0.05) is 18.2 Å². The number of carbonyl (C=O) groups is 1. The zero-order valence-corrected chi connectivity index (χ0v) is 11.7. The first-order valence-electron chi connectivity index (χ1n) is 5.02. The molecule has 5 heteroatoms. The van der Waals surface area contributed by atoms with Crippen molar-refractivity contribution in [2.45, 2.75) is 23.3 Å². The second kappa shape index (κ2) is 6.01. The number of rotatable bonds is 4. The molecule has 1 unspecified atom stereocenters. The van der Waals surface area contributed by atoms with Gasteiger partial charge in [0.1, 0.15) is 10.4 Å². The molecule has 3 nitrogen and oxygen atoms in total. The highest BCUT2D eigenvalue weighted by Gasteiger charge is 2.36. The van der Waals surface area contributed by atoms with Crippen molar-refractivity contribution >= 4 is 37.8 Å². The van der Waals surface area contributed by atoms with Gasteiger partial charge in [-0.3, -0.25) is 4.79 Å². The van der Waals surface area contributed by atoms with Crippen molar-refractivity contribution in [3.8, 4) is 0 Å². The van der Waals surface area contributed by atoms with Gasteiger partial charge in [-0.2, -0.15) is 0 Å². The molecule has 1 atom stereocenters. The minimum Gasteiger partial charge on any atom is -0.453 e. The van der Waals surface area contributed by atoms with E-state index in [1.807, 2.05) is 0 Å². The number of ether oxygens (including phenoxy) is 1. The number of hydrogen-bond acceptors (Lipinski definition) is 2. The molecule has 1 rings (SSSR count). The Morgan fingerprint density at radius 3 is 2.67 bits per heavy atom. The molecule has 0 radical (unpaired) electrons. The van der Waals surface area contributed by atoms with Gasteiger partial charge >= 0.3 is 5.97 Å². The quantitative estimate of drug-likeness (QED) is 0.470. The molecular formula is C10H16Br2NO2+. The fraction of sp³-hybridized carbons (Fsp3) is 0.700. The molecular weight excluding hydrogens is 326 g/mol. The molecule has 1 heterocycles. The van der Waals surface area contributed by atoms with Crippen LogP contribution in [0.15, 0.2) is 12.7 Å². The molecule has 86 valence electrons. The largest absolute Gasteiger partial charge is 0.453 e. The van der Waals surface area contributed by atoms with E-state index in [1.54, 1.807) is 6.08 Å². The fourth-order valence-electron chi connectivity index (χ4n) is 1.64.